The van der Waals surface area contributed by atoms with Gasteiger partial charge in [-0.1, -0.05) is 24.6 Å². The molecule has 1 unspecified atom stereocenters. The summed E-state index contributed by atoms with van der Waals surface area (Å²) < 4.78 is 5.56. The average Bonchev–Trinajstić information content (AvgIpc) is 2.76. The Kier molecular flexibility index (Phi) is 8.46. The van der Waals surface area contributed by atoms with E-state index in [0.717, 1.165) is 54.6 Å². The number of amides is 2. The van der Waals surface area contributed by atoms with Crippen molar-refractivity contribution in [2.75, 3.05) is 58.3 Å². The molecule has 3 rings (SSSR count). The van der Waals surface area contributed by atoms with E-state index in [4.69, 9.17) is 4.74 Å². The molecule has 1 aromatic carbocycles. The molecule has 0 spiro atoms. The molecule has 1 aromatic rings. The number of nitrogens with one attached hydrogen (secondary N) is 4. The van der Waals surface area contributed by atoms with Crippen LogP contribution in [0, 0.1) is 13.8 Å². The molecule has 1 saturated heterocycles. The summed E-state index contributed by atoms with van der Waals surface area (Å²) in [4.78, 5) is 27.6. The lowest BCUT2D eigenvalue weighted by atomic mass is 9.79. The third-order valence-corrected chi connectivity index (χ3v) is 6.95. The number of likely N-dealkylation sites (N-methyl/N-ethyl adjacent to an activating group) is 1. The number of para-hydroxylation sites is 1. The van der Waals surface area contributed by atoms with E-state index in [2.05, 4.69) is 10.6 Å². The maximum absolute atomic E-state index is 12.7. The molecule has 2 fully saturated rings. The molecular weight excluding hydrogens is 392 g/mol. The van der Waals surface area contributed by atoms with Crippen molar-refractivity contribution in [3.63, 3.8) is 0 Å². The first-order valence-corrected chi connectivity index (χ1v) is 11.8. The van der Waals surface area contributed by atoms with Gasteiger partial charge in [0.2, 0.25) is 0 Å². The van der Waals surface area contributed by atoms with Crippen molar-refractivity contribution in [2.24, 2.45) is 0 Å². The number of quaternary nitrogens is 2. The molecule has 1 saturated carbocycles. The summed E-state index contributed by atoms with van der Waals surface area (Å²) in [6.07, 6.45) is 6.11. The fraction of sp³-hybridized carbons (Fsp3) is 0.667. The van der Waals surface area contributed by atoms with Crippen LogP contribution in [0.15, 0.2) is 18.2 Å². The summed E-state index contributed by atoms with van der Waals surface area (Å²) in [7, 11) is 1.90. The van der Waals surface area contributed by atoms with Gasteiger partial charge in [0, 0.05) is 18.5 Å². The Bertz CT molecular complexity index is 735. The van der Waals surface area contributed by atoms with Crippen molar-refractivity contribution in [3.8, 4) is 0 Å². The SMILES string of the molecule is Cc1cccc(C)c1NC(=O)C[NH+](C)CC(=O)NCC1([NH+]2CCOCC2)CCCCC1. The van der Waals surface area contributed by atoms with Gasteiger partial charge in [-0.3, -0.25) is 9.59 Å². The molecule has 2 aliphatic rings. The van der Waals surface area contributed by atoms with Crippen LogP contribution in [0.25, 0.3) is 0 Å². The van der Waals surface area contributed by atoms with Crippen molar-refractivity contribution in [3.05, 3.63) is 29.3 Å². The smallest absolute Gasteiger partial charge is 0.279 e. The van der Waals surface area contributed by atoms with Gasteiger partial charge >= 0.3 is 0 Å². The van der Waals surface area contributed by atoms with Gasteiger partial charge < -0.3 is 25.2 Å². The van der Waals surface area contributed by atoms with Crippen molar-refractivity contribution in [2.45, 2.75) is 51.5 Å². The number of rotatable bonds is 8. The van der Waals surface area contributed by atoms with E-state index in [9.17, 15) is 9.59 Å². The molecule has 31 heavy (non-hydrogen) atoms. The normalized spacial score (nSPS) is 20.1. The topological polar surface area (TPSA) is 76.3 Å². The standard InChI is InChI=1S/C24H38N4O3/c1-19-8-7-9-20(2)23(19)26-22(30)17-27(3)16-21(29)25-18-24(10-5-4-6-11-24)28-12-14-31-15-13-28/h7-9H,4-6,10-18H2,1-3H3,(H,25,29)(H,26,30)/p+2. The minimum absolute atomic E-state index is 0.0231. The van der Waals surface area contributed by atoms with Gasteiger partial charge in [-0.25, -0.2) is 0 Å². The van der Waals surface area contributed by atoms with Crippen LogP contribution >= 0.6 is 0 Å². The van der Waals surface area contributed by atoms with Crippen molar-refractivity contribution in [1.29, 1.82) is 0 Å². The van der Waals surface area contributed by atoms with Crippen molar-refractivity contribution in [1.82, 2.24) is 5.32 Å². The second-order valence-electron chi connectivity index (χ2n) is 9.46. The zero-order valence-corrected chi connectivity index (χ0v) is 19.4. The fourth-order valence-electron chi connectivity index (χ4n) is 5.17. The Hall–Kier alpha value is -1.96. The van der Waals surface area contributed by atoms with Crippen LogP contribution in [0.1, 0.15) is 43.2 Å². The van der Waals surface area contributed by atoms with E-state index < -0.39 is 0 Å². The zero-order valence-electron chi connectivity index (χ0n) is 19.4. The third kappa shape index (κ3) is 6.51. The molecule has 0 bridgehead atoms. The second-order valence-corrected chi connectivity index (χ2v) is 9.46. The number of carbonyl (C=O) groups is 2. The lowest BCUT2D eigenvalue weighted by Crippen LogP contribution is -3.23. The van der Waals surface area contributed by atoms with Gasteiger partial charge in [-0.15, -0.1) is 0 Å². The van der Waals surface area contributed by atoms with E-state index in [0.29, 0.717) is 6.54 Å². The quantitative estimate of drug-likeness (QED) is 0.447. The second kappa shape index (κ2) is 11.1. The number of anilines is 1. The summed E-state index contributed by atoms with van der Waals surface area (Å²) in [6, 6.07) is 5.97. The van der Waals surface area contributed by atoms with Crippen molar-refractivity contribution >= 4 is 17.5 Å². The van der Waals surface area contributed by atoms with Gasteiger partial charge in [0.1, 0.15) is 18.6 Å². The number of aryl methyl sites for hydroxylation is 2. The molecule has 1 atom stereocenters. The molecule has 2 amide bonds. The van der Waals surface area contributed by atoms with Crippen molar-refractivity contribution < 1.29 is 24.1 Å². The maximum Gasteiger partial charge on any atom is 0.279 e. The number of benzene rings is 1. The number of morpholine rings is 1. The van der Waals surface area contributed by atoms with Crippen LogP contribution in [0.2, 0.25) is 0 Å². The fourth-order valence-corrected chi connectivity index (χ4v) is 5.17. The predicted octanol–water partition coefficient (Wildman–Crippen LogP) is -0.509. The predicted molar refractivity (Wildman–Crippen MR) is 122 cm³/mol. The van der Waals surface area contributed by atoms with E-state index in [-0.39, 0.29) is 23.9 Å². The van der Waals surface area contributed by atoms with Crippen LogP contribution in [0.4, 0.5) is 5.69 Å². The Morgan fingerprint density at radius 3 is 2.29 bits per heavy atom. The number of carbonyl (C=O) groups excluding carboxylic acids is 2. The first-order chi connectivity index (χ1) is 14.9. The highest BCUT2D eigenvalue weighted by Crippen LogP contribution is 2.25. The van der Waals surface area contributed by atoms with Gasteiger partial charge in [0.25, 0.3) is 11.8 Å². The highest BCUT2D eigenvalue weighted by Gasteiger charge is 2.42. The Morgan fingerprint density at radius 1 is 1.03 bits per heavy atom. The van der Waals surface area contributed by atoms with Gasteiger partial charge in [0.15, 0.2) is 13.1 Å². The lowest BCUT2D eigenvalue weighted by Gasteiger charge is -2.45. The highest BCUT2D eigenvalue weighted by atomic mass is 16.5. The van der Waals surface area contributed by atoms with Crippen LogP contribution in [0.3, 0.4) is 0 Å². The molecular formula is C24H40N4O3+2. The largest absolute Gasteiger partial charge is 0.370 e. The highest BCUT2D eigenvalue weighted by molar-refractivity contribution is 5.93. The van der Waals surface area contributed by atoms with E-state index >= 15 is 0 Å². The summed E-state index contributed by atoms with van der Waals surface area (Å²) in [5.41, 5.74) is 3.11. The number of ether oxygens (including phenoxy) is 1. The lowest BCUT2D eigenvalue weighted by molar-refractivity contribution is -0.960. The molecule has 1 aliphatic carbocycles. The summed E-state index contributed by atoms with van der Waals surface area (Å²) in [5, 5.41) is 6.22. The first-order valence-electron chi connectivity index (χ1n) is 11.8. The van der Waals surface area contributed by atoms with Gasteiger partial charge in [-0.05, 0) is 37.8 Å². The molecule has 1 heterocycles. The zero-order chi connectivity index (χ0) is 22.3. The van der Waals surface area contributed by atoms with E-state index in [1.54, 1.807) is 4.90 Å². The van der Waals surface area contributed by atoms with Gasteiger partial charge in [-0.2, -0.15) is 0 Å². The molecule has 7 nitrogen and oxygen atoms in total. The van der Waals surface area contributed by atoms with Crippen LogP contribution in [-0.4, -0.2) is 70.3 Å². The first kappa shape index (κ1) is 23.7. The van der Waals surface area contributed by atoms with E-state index in [1.165, 1.54) is 32.1 Å². The van der Waals surface area contributed by atoms with Gasteiger partial charge in [0.05, 0.1) is 26.8 Å². The minimum Gasteiger partial charge on any atom is -0.370 e. The van der Waals surface area contributed by atoms with E-state index in [1.807, 2.05) is 39.1 Å². The summed E-state index contributed by atoms with van der Waals surface area (Å²) in [6.45, 7) is 8.95. The average molecular weight is 433 g/mol. The maximum atomic E-state index is 12.7. The molecule has 4 N–H and O–H groups in total. The molecule has 0 radical (unpaired) electrons. The summed E-state index contributed by atoms with van der Waals surface area (Å²) >= 11 is 0. The van der Waals surface area contributed by atoms with Crippen LogP contribution < -0.4 is 20.4 Å². The van der Waals surface area contributed by atoms with Crippen LogP contribution in [0.5, 0.6) is 0 Å². The molecule has 1 aliphatic heterocycles. The molecule has 0 aromatic heterocycles. The Labute approximate surface area is 186 Å². The number of hydrogen-bond acceptors (Lipinski definition) is 3. The Morgan fingerprint density at radius 2 is 1.65 bits per heavy atom. The Balaban J connectivity index is 1.48. The third-order valence-electron chi connectivity index (χ3n) is 6.95. The van der Waals surface area contributed by atoms with Crippen LogP contribution in [-0.2, 0) is 14.3 Å². The molecule has 172 valence electrons. The minimum atomic E-state index is -0.0655. The molecule has 7 heteroatoms. The number of hydrogen-bond donors (Lipinski definition) is 4. The monoisotopic (exact) mass is 432 g/mol. The summed E-state index contributed by atoms with van der Waals surface area (Å²) in [5.74, 6) is -0.0424.